The number of alkyl halides is 2. The molecule has 14 heavy (non-hydrogen) atoms. The number of rotatable bonds is 1. The van der Waals surface area contributed by atoms with Crippen LogP contribution >= 0.6 is 0 Å². The van der Waals surface area contributed by atoms with Crippen molar-refractivity contribution >= 4 is 0 Å². The Hall–Kier alpha value is -1.12. The maximum Gasteiger partial charge on any atom is 0.254 e. The lowest BCUT2D eigenvalue weighted by molar-refractivity contribution is -0.00897. The lowest BCUT2D eigenvalue weighted by atomic mass is 9.95. The smallest absolute Gasteiger partial charge is 0.254 e. The fourth-order valence-electron chi connectivity index (χ4n) is 2.04. The third kappa shape index (κ3) is 1.59. The van der Waals surface area contributed by atoms with Crippen molar-refractivity contribution in [3.8, 4) is 5.75 Å². The number of phenolic OH excluding ortho intramolecular Hbond substituents is 1. The summed E-state index contributed by atoms with van der Waals surface area (Å²) in [6, 6.07) is 6.09. The van der Waals surface area contributed by atoms with Crippen LogP contribution in [0.1, 0.15) is 30.7 Å². The number of halogens is 2. The maximum atomic E-state index is 13.3. The molecule has 2 rings (SSSR count). The second-order valence-electron chi connectivity index (χ2n) is 3.80. The molecule has 0 aliphatic heterocycles. The van der Waals surface area contributed by atoms with Crippen LogP contribution in [0, 0.1) is 0 Å². The molecule has 1 aromatic rings. The van der Waals surface area contributed by atoms with Crippen molar-refractivity contribution in [3.05, 3.63) is 29.8 Å². The molecule has 76 valence electrons. The van der Waals surface area contributed by atoms with Gasteiger partial charge in [-0.25, -0.2) is 8.78 Å². The Balaban J connectivity index is 2.27. The van der Waals surface area contributed by atoms with Crippen molar-refractivity contribution in [1.29, 1.82) is 0 Å². The number of hydrogen-bond donors (Lipinski definition) is 1. The van der Waals surface area contributed by atoms with Gasteiger partial charge in [0.05, 0.1) is 0 Å². The molecule has 1 N–H and O–H groups in total. The highest BCUT2D eigenvalue weighted by Crippen LogP contribution is 2.46. The first-order chi connectivity index (χ1) is 6.59. The standard InChI is InChI=1S/C11H12F2O/c12-11(13)7-1-2-10(11)8-3-5-9(14)6-4-8/h3-6,10,14H,1-2,7H2. The van der Waals surface area contributed by atoms with Gasteiger partial charge in [-0.15, -0.1) is 0 Å². The third-order valence-electron chi connectivity index (χ3n) is 2.81. The van der Waals surface area contributed by atoms with Gasteiger partial charge < -0.3 is 5.11 Å². The zero-order valence-corrected chi connectivity index (χ0v) is 7.71. The van der Waals surface area contributed by atoms with E-state index in [1.165, 1.54) is 12.1 Å². The summed E-state index contributed by atoms with van der Waals surface area (Å²) in [5, 5.41) is 9.04. The van der Waals surface area contributed by atoms with Crippen LogP contribution in [0.5, 0.6) is 5.75 Å². The molecule has 0 bridgehead atoms. The first kappa shape index (κ1) is 9.44. The molecule has 1 saturated carbocycles. The van der Waals surface area contributed by atoms with Gasteiger partial charge in [-0.3, -0.25) is 0 Å². The number of hydrogen-bond acceptors (Lipinski definition) is 1. The summed E-state index contributed by atoms with van der Waals surface area (Å²) in [4.78, 5) is 0. The van der Waals surface area contributed by atoms with Crippen LogP contribution in [0.4, 0.5) is 8.78 Å². The van der Waals surface area contributed by atoms with Gasteiger partial charge in [-0.1, -0.05) is 12.1 Å². The van der Waals surface area contributed by atoms with Gasteiger partial charge in [-0.05, 0) is 30.5 Å². The van der Waals surface area contributed by atoms with Gasteiger partial charge in [0.15, 0.2) is 0 Å². The van der Waals surface area contributed by atoms with E-state index in [4.69, 9.17) is 5.11 Å². The first-order valence-electron chi connectivity index (χ1n) is 4.76. The van der Waals surface area contributed by atoms with E-state index >= 15 is 0 Å². The summed E-state index contributed by atoms with van der Waals surface area (Å²) >= 11 is 0. The molecule has 1 aliphatic rings. The van der Waals surface area contributed by atoms with Crippen LogP contribution in [0.15, 0.2) is 24.3 Å². The maximum absolute atomic E-state index is 13.3. The fraction of sp³-hybridized carbons (Fsp3) is 0.455. The lowest BCUT2D eigenvalue weighted by Gasteiger charge is -2.19. The molecule has 0 spiro atoms. The Labute approximate surface area is 81.4 Å². The summed E-state index contributed by atoms with van der Waals surface area (Å²) in [7, 11) is 0. The minimum Gasteiger partial charge on any atom is -0.508 e. The molecule has 1 atom stereocenters. The summed E-state index contributed by atoms with van der Waals surface area (Å²) in [5.41, 5.74) is 0.630. The van der Waals surface area contributed by atoms with Crippen LogP contribution in [0.3, 0.4) is 0 Å². The van der Waals surface area contributed by atoms with E-state index in [1.54, 1.807) is 12.1 Å². The average molecular weight is 198 g/mol. The van der Waals surface area contributed by atoms with Crippen molar-refractivity contribution in [2.45, 2.75) is 31.1 Å². The normalized spacial score (nSPS) is 25.1. The van der Waals surface area contributed by atoms with Crippen LogP contribution in [-0.2, 0) is 0 Å². The van der Waals surface area contributed by atoms with Crippen LogP contribution in [0.2, 0.25) is 0 Å². The molecule has 0 saturated heterocycles. The Morgan fingerprint density at radius 2 is 1.86 bits per heavy atom. The molecule has 0 amide bonds. The van der Waals surface area contributed by atoms with E-state index < -0.39 is 11.8 Å². The zero-order chi connectivity index (χ0) is 10.2. The monoisotopic (exact) mass is 198 g/mol. The first-order valence-corrected chi connectivity index (χ1v) is 4.76. The van der Waals surface area contributed by atoms with E-state index in [9.17, 15) is 8.78 Å². The zero-order valence-electron chi connectivity index (χ0n) is 7.71. The predicted octanol–water partition coefficient (Wildman–Crippen LogP) is 3.30. The second kappa shape index (κ2) is 3.23. The molecule has 1 fully saturated rings. The summed E-state index contributed by atoms with van der Waals surface area (Å²) < 4.78 is 26.7. The molecule has 1 aromatic carbocycles. The Bertz CT molecular complexity index is 319. The van der Waals surface area contributed by atoms with Crippen molar-refractivity contribution in [2.75, 3.05) is 0 Å². The van der Waals surface area contributed by atoms with E-state index in [2.05, 4.69) is 0 Å². The van der Waals surface area contributed by atoms with Crippen LogP contribution < -0.4 is 0 Å². The lowest BCUT2D eigenvalue weighted by Crippen LogP contribution is -2.19. The SMILES string of the molecule is Oc1ccc(C2CCCC2(F)F)cc1. The molecule has 0 heterocycles. The highest BCUT2D eigenvalue weighted by molar-refractivity contribution is 5.30. The van der Waals surface area contributed by atoms with E-state index in [1.807, 2.05) is 0 Å². The average Bonchev–Trinajstić information content (AvgIpc) is 2.47. The summed E-state index contributed by atoms with van der Waals surface area (Å²) in [5.74, 6) is -3.12. The minimum absolute atomic E-state index is 0.0153. The summed E-state index contributed by atoms with van der Waals surface area (Å²) in [6.45, 7) is 0. The number of benzene rings is 1. The molecule has 0 radical (unpaired) electrons. The van der Waals surface area contributed by atoms with E-state index in [-0.39, 0.29) is 12.2 Å². The van der Waals surface area contributed by atoms with Gasteiger partial charge >= 0.3 is 0 Å². The van der Waals surface area contributed by atoms with Crippen molar-refractivity contribution in [2.24, 2.45) is 0 Å². The van der Waals surface area contributed by atoms with Crippen LogP contribution in [0.25, 0.3) is 0 Å². The predicted molar refractivity (Wildman–Crippen MR) is 49.6 cm³/mol. The third-order valence-corrected chi connectivity index (χ3v) is 2.81. The minimum atomic E-state index is -2.57. The molecular weight excluding hydrogens is 186 g/mol. The highest BCUT2D eigenvalue weighted by Gasteiger charge is 2.44. The topological polar surface area (TPSA) is 20.2 Å². The summed E-state index contributed by atoms with van der Waals surface area (Å²) in [6.07, 6.45) is 1.11. The molecular formula is C11H12F2O. The highest BCUT2D eigenvalue weighted by atomic mass is 19.3. The van der Waals surface area contributed by atoms with Gasteiger partial charge in [0.2, 0.25) is 0 Å². The van der Waals surface area contributed by atoms with E-state index in [0.29, 0.717) is 18.4 Å². The molecule has 3 heteroatoms. The van der Waals surface area contributed by atoms with Gasteiger partial charge in [0.1, 0.15) is 5.75 Å². The quantitative estimate of drug-likeness (QED) is 0.734. The van der Waals surface area contributed by atoms with E-state index in [0.717, 1.165) is 0 Å². The molecule has 1 unspecified atom stereocenters. The molecule has 1 nitrogen and oxygen atoms in total. The fourth-order valence-corrected chi connectivity index (χ4v) is 2.04. The van der Waals surface area contributed by atoms with Gasteiger partial charge in [0.25, 0.3) is 5.92 Å². The van der Waals surface area contributed by atoms with Crippen LogP contribution in [-0.4, -0.2) is 11.0 Å². The van der Waals surface area contributed by atoms with Crippen molar-refractivity contribution < 1.29 is 13.9 Å². The Morgan fingerprint density at radius 1 is 1.21 bits per heavy atom. The van der Waals surface area contributed by atoms with Crippen molar-refractivity contribution in [3.63, 3.8) is 0 Å². The Kier molecular flexibility index (Phi) is 2.17. The molecule has 0 aromatic heterocycles. The Morgan fingerprint density at radius 3 is 2.36 bits per heavy atom. The van der Waals surface area contributed by atoms with Gasteiger partial charge in [-0.2, -0.15) is 0 Å². The second-order valence-corrected chi connectivity index (χ2v) is 3.80. The van der Waals surface area contributed by atoms with Gasteiger partial charge in [0, 0.05) is 12.3 Å². The van der Waals surface area contributed by atoms with Crippen molar-refractivity contribution in [1.82, 2.24) is 0 Å². The molecule has 1 aliphatic carbocycles. The largest absolute Gasteiger partial charge is 0.508 e. The number of phenols is 1. The number of aromatic hydroxyl groups is 1.